The third kappa shape index (κ3) is 8.39. The zero-order valence-corrected chi connectivity index (χ0v) is 21.2. The van der Waals surface area contributed by atoms with Crippen LogP contribution in [0.25, 0.3) is 0 Å². The third-order valence-corrected chi connectivity index (χ3v) is 7.10. The Morgan fingerprint density at radius 3 is 2.48 bits per heavy atom. The van der Waals surface area contributed by atoms with Crippen LogP contribution in [-0.2, 0) is 14.8 Å². The summed E-state index contributed by atoms with van der Waals surface area (Å²) in [4.78, 5) is 11.0. The van der Waals surface area contributed by atoms with Crippen molar-refractivity contribution in [2.75, 3.05) is 13.6 Å². The number of nitrogens with two attached hydrogens (primary N) is 1. The van der Waals surface area contributed by atoms with Crippen LogP contribution in [0.3, 0.4) is 0 Å². The van der Waals surface area contributed by atoms with Crippen LogP contribution in [0.1, 0.15) is 46.0 Å². The third-order valence-electron chi connectivity index (χ3n) is 5.16. The fourth-order valence-electron chi connectivity index (χ4n) is 3.53. The van der Waals surface area contributed by atoms with Gasteiger partial charge in [-0.25, -0.2) is 8.42 Å². The van der Waals surface area contributed by atoms with Crippen LogP contribution >= 0.6 is 11.6 Å². The van der Waals surface area contributed by atoms with Crippen LogP contribution < -0.4 is 11.1 Å². The van der Waals surface area contributed by atoms with Crippen LogP contribution in [0.5, 0.6) is 0 Å². The molecular weight excluding hydrogens is 458 g/mol. The average molecular weight is 492 g/mol. The summed E-state index contributed by atoms with van der Waals surface area (Å²) in [5.74, 6) is -0.286. The van der Waals surface area contributed by atoms with Gasteiger partial charge in [-0.2, -0.15) is 0 Å². The molecule has 0 bridgehead atoms. The van der Waals surface area contributed by atoms with Crippen LogP contribution in [0.4, 0.5) is 0 Å². The van der Waals surface area contributed by atoms with Crippen molar-refractivity contribution in [2.45, 2.75) is 52.0 Å². The minimum Gasteiger partial charge on any atom is -0.370 e. The number of nitrogens with zero attached hydrogens (tertiary/aromatic N) is 1. The first-order chi connectivity index (χ1) is 15.6. The summed E-state index contributed by atoms with van der Waals surface area (Å²) < 4.78 is 28.3. The highest BCUT2D eigenvalue weighted by atomic mass is 35.5. The first-order valence-corrected chi connectivity index (χ1v) is 12.6. The highest BCUT2D eigenvalue weighted by Gasteiger charge is 2.34. The molecule has 0 spiro atoms. The van der Waals surface area contributed by atoms with Gasteiger partial charge in [-0.1, -0.05) is 43.7 Å². The Balaban J connectivity index is 3.43. The Bertz CT molecular complexity index is 1050. The molecule has 0 aromatic carbocycles. The number of hydrogen-bond acceptors (Lipinski definition) is 4. The van der Waals surface area contributed by atoms with Gasteiger partial charge in [0.2, 0.25) is 5.91 Å². The molecule has 33 heavy (non-hydrogen) atoms. The van der Waals surface area contributed by atoms with Crippen molar-refractivity contribution in [3.8, 4) is 0 Å². The molecule has 1 aliphatic rings. The van der Waals surface area contributed by atoms with E-state index in [1.807, 2.05) is 6.92 Å². The van der Waals surface area contributed by atoms with Gasteiger partial charge in [0.25, 0.3) is 10.0 Å². The number of amides is 1. The second-order valence-electron chi connectivity index (χ2n) is 7.69. The number of hydrogen-bond donors (Lipinski definition) is 2. The number of halogens is 1. The number of unbranched alkanes of at least 4 members (excludes halogenated alkanes) is 3. The Morgan fingerprint density at radius 2 is 1.91 bits per heavy atom. The van der Waals surface area contributed by atoms with Gasteiger partial charge in [-0.05, 0) is 63.1 Å². The molecule has 1 aliphatic heterocycles. The molecule has 1 unspecified atom stereocenters. The predicted molar refractivity (Wildman–Crippen MR) is 137 cm³/mol. The zero-order chi connectivity index (χ0) is 25.0. The Hall–Kier alpha value is -2.53. The van der Waals surface area contributed by atoms with E-state index < -0.39 is 16.1 Å². The molecule has 0 saturated carbocycles. The minimum atomic E-state index is -3.90. The molecule has 180 valence electrons. The van der Waals surface area contributed by atoms with Gasteiger partial charge in [-0.3, -0.25) is 9.10 Å². The summed E-state index contributed by atoms with van der Waals surface area (Å²) >= 11 is 6.12. The largest absolute Gasteiger partial charge is 0.370 e. The number of primary amides is 1. The molecule has 0 aromatic rings. The van der Waals surface area contributed by atoms with Crippen LogP contribution in [0.15, 0.2) is 81.8 Å². The molecule has 1 amide bonds. The van der Waals surface area contributed by atoms with Gasteiger partial charge in [0.15, 0.2) is 0 Å². The highest BCUT2D eigenvalue weighted by molar-refractivity contribution is 7.93. The van der Waals surface area contributed by atoms with E-state index in [2.05, 4.69) is 29.9 Å². The van der Waals surface area contributed by atoms with E-state index in [1.54, 1.807) is 31.2 Å². The normalized spacial score (nSPS) is 18.7. The second kappa shape index (κ2) is 13.9. The molecule has 0 fully saturated rings. The van der Waals surface area contributed by atoms with E-state index in [0.717, 1.165) is 31.3 Å². The summed E-state index contributed by atoms with van der Waals surface area (Å²) in [5, 5.41) is 3.83. The van der Waals surface area contributed by atoms with Crippen molar-refractivity contribution in [2.24, 2.45) is 5.73 Å². The number of sulfonamides is 1. The predicted octanol–water partition coefficient (Wildman–Crippen LogP) is 4.56. The lowest BCUT2D eigenvalue weighted by Crippen LogP contribution is -2.33. The lowest BCUT2D eigenvalue weighted by molar-refractivity contribution is -0.118. The lowest BCUT2D eigenvalue weighted by atomic mass is 9.96. The quantitative estimate of drug-likeness (QED) is 0.238. The Labute approximate surface area is 203 Å². The van der Waals surface area contributed by atoms with Gasteiger partial charge in [0.05, 0.1) is 16.6 Å². The topological polar surface area (TPSA) is 92.5 Å². The van der Waals surface area contributed by atoms with Crippen molar-refractivity contribution in [1.82, 2.24) is 9.62 Å². The van der Waals surface area contributed by atoms with Crippen LogP contribution in [0.2, 0.25) is 0 Å². The Morgan fingerprint density at radius 1 is 1.24 bits per heavy atom. The standard InChI is InChI=1S/C25H34ClN3O3S/c1-6-8-11-15-22-20(4)25(28-17-13-10-9-12-16-24(27)30)21(14-7-2)23(18-19(3)26)33(31,32)29(22)5/h8,11,14-15,18,25,28H,1-2,9-10,12-13,16-17H2,3-5H3,(H2,27,30). The number of carbonyl (C=O) groups excluding carboxylic acids is 1. The highest BCUT2D eigenvalue weighted by Crippen LogP contribution is 2.34. The first kappa shape index (κ1) is 28.5. The zero-order valence-electron chi connectivity index (χ0n) is 19.7. The second-order valence-corrected chi connectivity index (χ2v) is 10.2. The van der Waals surface area contributed by atoms with Crippen LogP contribution in [0, 0.1) is 0 Å². The van der Waals surface area contributed by atoms with Crippen molar-refractivity contribution < 1.29 is 13.2 Å². The van der Waals surface area contributed by atoms with Crippen molar-refractivity contribution >= 4 is 27.5 Å². The fourth-order valence-corrected chi connectivity index (χ4v) is 5.26. The SMILES string of the molecule is C=C=CC=CC1=C(C)C(NCCCCCCC(N)=O)C(C=C=C)=C(C=C(C)Cl)S(=O)(=O)N1C. The fraction of sp³-hybridized carbons (Fsp3) is 0.400. The minimum absolute atomic E-state index is 0.0922. The van der Waals surface area contributed by atoms with Crippen molar-refractivity contribution in [1.29, 1.82) is 0 Å². The first-order valence-electron chi connectivity index (χ1n) is 10.8. The molecular formula is C25H34ClN3O3S. The van der Waals surface area contributed by atoms with E-state index in [-0.39, 0.29) is 10.8 Å². The Kier molecular flexibility index (Phi) is 12.0. The van der Waals surface area contributed by atoms with Gasteiger partial charge in [0, 0.05) is 24.1 Å². The number of nitrogens with one attached hydrogen (secondary N) is 1. The molecule has 0 aromatic heterocycles. The van der Waals surface area contributed by atoms with Gasteiger partial charge < -0.3 is 11.1 Å². The maximum Gasteiger partial charge on any atom is 0.264 e. The van der Waals surface area contributed by atoms with E-state index in [1.165, 1.54) is 17.4 Å². The summed E-state index contributed by atoms with van der Waals surface area (Å²) in [6.07, 6.45) is 11.9. The van der Waals surface area contributed by atoms with Crippen molar-refractivity contribution in [3.05, 3.63) is 81.8 Å². The molecule has 3 N–H and O–H groups in total. The number of allylic oxidation sites excluding steroid dienone is 5. The molecule has 0 saturated heterocycles. The number of rotatable bonds is 12. The summed E-state index contributed by atoms with van der Waals surface area (Å²) in [7, 11) is -2.38. The van der Waals surface area contributed by atoms with E-state index in [9.17, 15) is 13.2 Å². The summed E-state index contributed by atoms with van der Waals surface area (Å²) in [6.45, 7) is 11.4. The number of likely N-dealkylation sites (N-methyl/N-ethyl adjacent to an activating group) is 1. The molecule has 0 radical (unpaired) electrons. The van der Waals surface area contributed by atoms with Gasteiger partial charge in [0.1, 0.15) is 0 Å². The average Bonchev–Trinajstić information content (AvgIpc) is 2.78. The summed E-state index contributed by atoms with van der Waals surface area (Å²) in [6, 6.07) is -0.403. The van der Waals surface area contributed by atoms with Crippen LogP contribution in [-0.4, -0.2) is 38.3 Å². The van der Waals surface area contributed by atoms with Gasteiger partial charge >= 0.3 is 0 Å². The smallest absolute Gasteiger partial charge is 0.264 e. The molecule has 0 aliphatic carbocycles. The molecule has 8 heteroatoms. The molecule has 1 rings (SSSR count). The number of carbonyl (C=O) groups is 1. The van der Waals surface area contributed by atoms with Gasteiger partial charge in [-0.15, -0.1) is 11.5 Å². The van der Waals surface area contributed by atoms with E-state index in [0.29, 0.717) is 29.3 Å². The van der Waals surface area contributed by atoms with Crippen molar-refractivity contribution in [3.63, 3.8) is 0 Å². The summed E-state index contributed by atoms with van der Waals surface area (Å²) in [5.41, 5.74) is 12.4. The van der Waals surface area contributed by atoms with E-state index >= 15 is 0 Å². The van der Waals surface area contributed by atoms with E-state index in [4.69, 9.17) is 17.3 Å². The lowest BCUT2D eigenvalue weighted by Gasteiger charge is -2.23. The maximum atomic E-state index is 13.5. The monoisotopic (exact) mass is 491 g/mol. The maximum absolute atomic E-state index is 13.5. The molecule has 1 heterocycles. The molecule has 1 atom stereocenters. The molecule has 6 nitrogen and oxygen atoms in total.